The van der Waals surface area contributed by atoms with Crippen molar-refractivity contribution in [3.05, 3.63) is 23.8 Å². The Bertz CT molecular complexity index is 469. The van der Waals surface area contributed by atoms with Crippen LogP contribution < -0.4 is 15.2 Å². The molecule has 0 radical (unpaired) electrons. The maximum Gasteiger partial charge on any atom is 0.305 e. The minimum atomic E-state index is -0.914. The molecule has 1 saturated carbocycles. The molecule has 1 aliphatic rings. The van der Waals surface area contributed by atoms with E-state index in [2.05, 4.69) is 0 Å². The highest BCUT2D eigenvalue weighted by atomic mass is 16.5. The van der Waals surface area contributed by atoms with Crippen molar-refractivity contribution in [1.29, 1.82) is 0 Å². The molecule has 20 heavy (non-hydrogen) atoms. The molecule has 0 heterocycles. The van der Waals surface area contributed by atoms with E-state index in [1.165, 1.54) is 12.8 Å². The monoisotopic (exact) mass is 279 g/mol. The second kappa shape index (κ2) is 6.61. The zero-order chi connectivity index (χ0) is 14.5. The van der Waals surface area contributed by atoms with E-state index in [4.69, 9.17) is 20.3 Å². The first-order chi connectivity index (χ1) is 9.60. The van der Waals surface area contributed by atoms with Crippen molar-refractivity contribution in [1.82, 2.24) is 0 Å². The number of nitrogens with two attached hydrogens (primary N) is 1. The number of methoxy groups -OCH3 is 1. The van der Waals surface area contributed by atoms with Gasteiger partial charge < -0.3 is 20.3 Å². The van der Waals surface area contributed by atoms with Crippen LogP contribution in [0.5, 0.6) is 11.5 Å². The summed E-state index contributed by atoms with van der Waals surface area (Å²) in [6.45, 7) is 0. The van der Waals surface area contributed by atoms with Gasteiger partial charge in [0.2, 0.25) is 0 Å². The van der Waals surface area contributed by atoms with Crippen molar-refractivity contribution in [2.24, 2.45) is 5.73 Å². The molecule has 5 nitrogen and oxygen atoms in total. The standard InChI is InChI=1S/C15H21NO4/c1-19-14-8-10(12(16)9-15(17)18)6-7-13(14)20-11-4-2-3-5-11/h6-8,11-12H,2-5,9,16H2,1H3,(H,17,18). The highest BCUT2D eigenvalue weighted by molar-refractivity contribution is 5.68. The van der Waals surface area contributed by atoms with Gasteiger partial charge in [-0.25, -0.2) is 0 Å². The summed E-state index contributed by atoms with van der Waals surface area (Å²) >= 11 is 0. The second-order valence-corrected chi connectivity index (χ2v) is 5.14. The number of carbonyl (C=O) groups is 1. The van der Waals surface area contributed by atoms with E-state index in [1.54, 1.807) is 19.2 Å². The smallest absolute Gasteiger partial charge is 0.305 e. The van der Waals surface area contributed by atoms with E-state index >= 15 is 0 Å². The fourth-order valence-corrected chi connectivity index (χ4v) is 2.50. The Labute approximate surface area is 118 Å². The Morgan fingerprint density at radius 1 is 1.40 bits per heavy atom. The van der Waals surface area contributed by atoms with Crippen LogP contribution in [-0.2, 0) is 4.79 Å². The zero-order valence-corrected chi connectivity index (χ0v) is 11.7. The summed E-state index contributed by atoms with van der Waals surface area (Å²) in [5, 5.41) is 8.78. The molecule has 110 valence electrons. The average molecular weight is 279 g/mol. The third kappa shape index (κ3) is 3.63. The van der Waals surface area contributed by atoms with Crippen LogP contribution >= 0.6 is 0 Å². The first-order valence-electron chi connectivity index (χ1n) is 6.92. The lowest BCUT2D eigenvalue weighted by Crippen LogP contribution is -2.16. The molecule has 1 unspecified atom stereocenters. The van der Waals surface area contributed by atoms with Gasteiger partial charge in [0, 0.05) is 6.04 Å². The van der Waals surface area contributed by atoms with Crippen LogP contribution in [0.3, 0.4) is 0 Å². The number of hydrogen-bond donors (Lipinski definition) is 2. The number of benzene rings is 1. The second-order valence-electron chi connectivity index (χ2n) is 5.14. The predicted molar refractivity (Wildman–Crippen MR) is 75.1 cm³/mol. The highest BCUT2D eigenvalue weighted by Gasteiger charge is 2.19. The van der Waals surface area contributed by atoms with Crippen LogP contribution in [0.1, 0.15) is 43.7 Å². The summed E-state index contributed by atoms with van der Waals surface area (Å²) in [6.07, 6.45) is 4.70. The van der Waals surface area contributed by atoms with Gasteiger partial charge in [0.15, 0.2) is 11.5 Å². The minimum Gasteiger partial charge on any atom is -0.493 e. The molecule has 1 aromatic carbocycles. The molecule has 2 rings (SSSR count). The number of carboxylic acid groups (broad SMARTS) is 1. The molecule has 0 aliphatic heterocycles. The molecule has 1 aliphatic carbocycles. The molecule has 0 aromatic heterocycles. The number of rotatable bonds is 6. The van der Waals surface area contributed by atoms with Gasteiger partial charge in [-0.15, -0.1) is 0 Å². The number of hydrogen-bond acceptors (Lipinski definition) is 4. The molecule has 0 saturated heterocycles. The molecule has 1 fully saturated rings. The van der Waals surface area contributed by atoms with Gasteiger partial charge in [0.25, 0.3) is 0 Å². The SMILES string of the molecule is COc1cc(C(N)CC(=O)O)ccc1OC1CCCC1. The molecule has 5 heteroatoms. The molecule has 1 aromatic rings. The highest BCUT2D eigenvalue weighted by Crippen LogP contribution is 2.33. The fourth-order valence-electron chi connectivity index (χ4n) is 2.50. The van der Waals surface area contributed by atoms with E-state index in [0.717, 1.165) is 18.4 Å². The lowest BCUT2D eigenvalue weighted by molar-refractivity contribution is -0.137. The molecule has 3 N–H and O–H groups in total. The van der Waals surface area contributed by atoms with Gasteiger partial charge >= 0.3 is 5.97 Å². The summed E-state index contributed by atoms with van der Waals surface area (Å²) in [5.41, 5.74) is 6.59. The normalized spacial score (nSPS) is 16.9. The van der Waals surface area contributed by atoms with E-state index in [0.29, 0.717) is 11.5 Å². The van der Waals surface area contributed by atoms with Crippen molar-refractivity contribution < 1.29 is 19.4 Å². The Balaban J connectivity index is 2.12. The molecular formula is C15H21NO4. The topological polar surface area (TPSA) is 81.8 Å². The van der Waals surface area contributed by atoms with Crippen molar-refractivity contribution in [2.75, 3.05) is 7.11 Å². The van der Waals surface area contributed by atoms with Crippen molar-refractivity contribution in [2.45, 2.75) is 44.2 Å². The summed E-state index contributed by atoms with van der Waals surface area (Å²) in [4.78, 5) is 10.7. The Hall–Kier alpha value is -1.75. The van der Waals surface area contributed by atoms with Gasteiger partial charge in [-0.1, -0.05) is 6.07 Å². The first-order valence-corrected chi connectivity index (χ1v) is 6.92. The third-order valence-electron chi connectivity index (χ3n) is 3.61. The summed E-state index contributed by atoms with van der Waals surface area (Å²) in [6, 6.07) is 4.84. The molecule has 0 bridgehead atoms. The summed E-state index contributed by atoms with van der Waals surface area (Å²) in [7, 11) is 1.57. The number of carboxylic acids is 1. The Kier molecular flexibility index (Phi) is 4.84. The van der Waals surface area contributed by atoms with Crippen LogP contribution in [-0.4, -0.2) is 24.3 Å². The van der Waals surface area contributed by atoms with E-state index in [1.807, 2.05) is 6.07 Å². The van der Waals surface area contributed by atoms with Crippen LogP contribution in [0.4, 0.5) is 0 Å². The predicted octanol–water partition coefficient (Wildman–Crippen LogP) is 2.49. The van der Waals surface area contributed by atoms with Crippen LogP contribution in [0.15, 0.2) is 18.2 Å². The van der Waals surface area contributed by atoms with Gasteiger partial charge in [-0.05, 0) is 43.4 Å². The summed E-state index contributed by atoms with van der Waals surface area (Å²) < 4.78 is 11.3. The largest absolute Gasteiger partial charge is 0.493 e. The van der Waals surface area contributed by atoms with Crippen LogP contribution in [0.2, 0.25) is 0 Å². The Morgan fingerprint density at radius 2 is 2.10 bits per heavy atom. The van der Waals surface area contributed by atoms with Crippen molar-refractivity contribution in [3.63, 3.8) is 0 Å². The molecule has 0 spiro atoms. The number of aliphatic carboxylic acids is 1. The van der Waals surface area contributed by atoms with E-state index in [-0.39, 0.29) is 12.5 Å². The Morgan fingerprint density at radius 3 is 2.70 bits per heavy atom. The lowest BCUT2D eigenvalue weighted by Gasteiger charge is -2.18. The first kappa shape index (κ1) is 14.7. The lowest BCUT2D eigenvalue weighted by atomic mass is 10.0. The van der Waals surface area contributed by atoms with Gasteiger partial charge in [0.05, 0.1) is 19.6 Å². The molecular weight excluding hydrogens is 258 g/mol. The van der Waals surface area contributed by atoms with Gasteiger partial charge in [0.1, 0.15) is 0 Å². The maximum absolute atomic E-state index is 10.7. The zero-order valence-electron chi connectivity index (χ0n) is 11.7. The maximum atomic E-state index is 10.7. The van der Waals surface area contributed by atoms with Crippen LogP contribution in [0.25, 0.3) is 0 Å². The molecule has 0 amide bonds. The van der Waals surface area contributed by atoms with Crippen LogP contribution in [0, 0.1) is 0 Å². The van der Waals surface area contributed by atoms with E-state index in [9.17, 15) is 4.79 Å². The summed E-state index contributed by atoms with van der Waals surface area (Å²) in [5.74, 6) is 0.392. The fraction of sp³-hybridized carbons (Fsp3) is 0.533. The molecule has 1 atom stereocenters. The van der Waals surface area contributed by atoms with Gasteiger partial charge in [-0.2, -0.15) is 0 Å². The van der Waals surface area contributed by atoms with E-state index < -0.39 is 12.0 Å². The number of ether oxygens (including phenoxy) is 2. The average Bonchev–Trinajstić information content (AvgIpc) is 2.91. The third-order valence-corrected chi connectivity index (χ3v) is 3.61. The van der Waals surface area contributed by atoms with Gasteiger partial charge in [-0.3, -0.25) is 4.79 Å². The quantitative estimate of drug-likeness (QED) is 0.836. The minimum absolute atomic E-state index is 0.105. The van der Waals surface area contributed by atoms with Crippen molar-refractivity contribution in [3.8, 4) is 11.5 Å². The van der Waals surface area contributed by atoms with Crippen molar-refractivity contribution >= 4 is 5.97 Å².